The van der Waals surface area contributed by atoms with E-state index < -0.39 is 0 Å². The van der Waals surface area contributed by atoms with Gasteiger partial charge in [0.25, 0.3) is 0 Å². The predicted octanol–water partition coefficient (Wildman–Crippen LogP) is 5.11. The number of nitrogens with one attached hydrogen (secondary N) is 2. The van der Waals surface area contributed by atoms with E-state index in [9.17, 15) is 9.59 Å². The molecule has 0 aromatic heterocycles. The van der Waals surface area contributed by atoms with Crippen molar-refractivity contribution >= 4 is 35.0 Å². The van der Waals surface area contributed by atoms with Crippen molar-refractivity contribution in [2.24, 2.45) is 0 Å². The number of carbonyl (C=O) groups excluding carboxylic acids is 2. The number of carbonyl (C=O) groups is 2. The van der Waals surface area contributed by atoms with Gasteiger partial charge < -0.3 is 10.6 Å². The Morgan fingerprint density at radius 2 is 1.32 bits per heavy atom. The summed E-state index contributed by atoms with van der Waals surface area (Å²) in [4.78, 5) is 23.7. The Balaban J connectivity index is 1.67. The molecule has 0 aliphatic rings. The lowest BCUT2D eigenvalue weighted by Gasteiger charge is -2.17. The molecule has 0 bridgehead atoms. The Bertz CT molecular complexity index is 890. The Labute approximate surface area is 169 Å². The summed E-state index contributed by atoms with van der Waals surface area (Å²) in [7, 11) is 0. The molecule has 3 aromatic rings. The summed E-state index contributed by atoms with van der Waals surface area (Å²) >= 11 is 1.59. The van der Waals surface area contributed by atoms with E-state index in [-0.39, 0.29) is 17.1 Å². The van der Waals surface area contributed by atoms with Crippen LogP contribution < -0.4 is 10.6 Å². The minimum Gasteiger partial charge on any atom is -0.326 e. The third-order valence-corrected chi connectivity index (χ3v) is 5.36. The minimum atomic E-state index is -0.146. The van der Waals surface area contributed by atoms with Crippen LogP contribution in [0.25, 0.3) is 0 Å². The van der Waals surface area contributed by atoms with E-state index >= 15 is 0 Å². The molecule has 142 valence electrons. The van der Waals surface area contributed by atoms with E-state index in [1.54, 1.807) is 36.0 Å². The van der Waals surface area contributed by atoms with Gasteiger partial charge in [-0.3, -0.25) is 9.59 Å². The van der Waals surface area contributed by atoms with Gasteiger partial charge in [-0.1, -0.05) is 66.7 Å². The zero-order valence-corrected chi connectivity index (χ0v) is 16.4. The van der Waals surface area contributed by atoms with Crippen LogP contribution in [0.3, 0.4) is 0 Å². The highest BCUT2D eigenvalue weighted by Gasteiger charge is 2.16. The fourth-order valence-corrected chi connectivity index (χ4v) is 3.96. The monoisotopic (exact) mass is 390 g/mol. The van der Waals surface area contributed by atoms with Gasteiger partial charge in [-0.25, -0.2) is 0 Å². The first-order valence-electron chi connectivity index (χ1n) is 9.01. The van der Waals surface area contributed by atoms with Crippen molar-refractivity contribution in [2.75, 3.05) is 16.4 Å². The molecule has 2 N–H and O–H groups in total. The first kappa shape index (κ1) is 19.7. The molecule has 0 fully saturated rings. The number of benzene rings is 3. The van der Waals surface area contributed by atoms with Crippen molar-refractivity contribution < 1.29 is 9.59 Å². The maximum atomic E-state index is 12.5. The summed E-state index contributed by atoms with van der Waals surface area (Å²) in [5.74, 6) is 0.0909. The van der Waals surface area contributed by atoms with Crippen molar-refractivity contribution in [3.05, 3.63) is 96.1 Å². The van der Waals surface area contributed by atoms with Crippen LogP contribution in [-0.2, 0) is 9.59 Å². The van der Waals surface area contributed by atoms with Crippen LogP contribution in [-0.4, -0.2) is 17.6 Å². The zero-order chi connectivity index (χ0) is 19.8. The fourth-order valence-electron chi connectivity index (χ4n) is 2.87. The lowest BCUT2D eigenvalue weighted by Crippen LogP contribution is -2.15. The van der Waals surface area contributed by atoms with Gasteiger partial charge in [0.2, 0.25) is 11.8 Å². The summed E-state index contributed by atoms with van der Waals surface area (Å²) in [5, 5.41) is 5.70. The standard InChI is InChI=1S/C23H22N2O2S/c1-17(26)24-20-13-8-14-21(15-20)25-22(27)16-28-23(18-9-4-2-5-10-18)19-11-6-3-7-12-19/h2-15,23H,16H2,1H3,(H,24,26)(H,25,27). The number of hydrogen-bond acceptors (Lipinski definition) is 3. The van der Waals surface area contributed by atoms with E-state index in [0.29, 0.717) is 17.1 Å². The van der Waals surface area contributed by atoms with Crippen LogP contribution in [0.1, 0.15) is 23.3 Å². The highest BCUT2D eigenvalue weighted by molar-refractivity contribution is 8.00. The average Bonchev–Trinajstić information content (AvgIpc) is 2.69. The zero-order valence-electron chi connectivity index (χ0n) is 15.6. The second-order valence-electron chi connectivity index (χ2n) is 6.32. The number of thioether (sulfide) groups is 1. The number of hydrogen-bond donors (Lipinski definition) is 2. The Hall–Kier alpha value is -3.05. The van der Waals surface area contributed by atoms with Gasteiger partial charge >= 0.3 is 0 Å². The van der Waals surface area contributed by atoms with E-state index in [4.69, 9.17) is 0 Å². The van der Waals surface area contributed by atoms with Crippen LogP contribution in [0.2, 0.25) is 0 Å². The summed E-state index contributed by atoms with van der Waals surface area (Å²) < 4.78 is 0. The van der Waals surface area contributed by atoms with Gasteiger partial charge in [-0.15, -0.1) is 11.8 Å². The molecule has 2 amide bonds. The van der Waals surface area contributed by atoms with Gasteiger partial charge in [-0.2, -0.15) is 0 Å². The topological polar surface area (TPSA) is 58.2 Å². The molecule has 28 heavy (non-hydrogen) atoms. The molecule has 3 rings (SSSR count). The molecule has 0 radical (unpaired) electrons. The van der Waals surface area contributed by atoms with Crippen molar-refractivity contribution in [2.45, 2.75) is 12.2 Å². The van der Waals surface area contributed by atoms with Crippen LogP contribution in [0.4, 0.5) is 11.4 Å². The summed E-state index contributed by atoms with van der Waals surface area (Å²) in [6, 6.07) is 27.5. The van der Waals surface area contributed by atoms with E-state index in [1.807, 2.05) is 36.4 Å². The van der Waals surface area contributed by atoms with Crippen LogP contribution in [0.5, 0.6) is 0 Å². The lowest BCUT2D eigenvalue weighted by molar-refractivity contribution is -0.114. The molecule has 0 saturated heterocycles. The fraction of sp³-hybridized carbons (Fsp3) is 0.130. The first-order chi connectivity index (χ1) is 13.6. The maximum absolute atomic E-state index is 12.5. The number of anilines is 2. The smallest absolute Gasteiger partial charge is 0.234 e. The van der Waals surface area contributed by atoms with Gasteiger partial charge in [0.05, 0.1) is 11.0 Å². The number of rotatable bonds is 7. The van der Waals surface area contributed by atoms with Crippen LogP contribution >= 0.6 is 11.8 Å². The van der Waals surface area contributed by atoms with Crippen molar-refractivity contribution in [3.8, 4) is 0 Å². The molecular weight excluding hydrogens is 368 g/mol. The molecule has 0 saturated carbocycles. The minimum absolute atomic E-state index is 0.0816. The lowest BCUT2D eigenvalue weighted by atomic mass is 10.0. The third-order valence-electron chi connectivity index (χ3n) is 4.05. The van der Waals surface area contributed by atoms with Crippen molar-refractivity contribution in [1.82, 2.24) is 0 Å². The second-order valence-corrected chi connectivity index (χ2v) is 7.42. The maximum Gasteiger partial charge on any atom is 0.234 e. The normalized spacial score (nSPS) is 10.5. The molecule has 3 aromatic carbocycles. The largest absolute Gasteiger partial charge is 0.326 e. The first-order valence-corrected chi connectivity index (χ1v) is 10.1. The summed E-state index contributed by atoms with van der Waals surface area (Å²) in [6.07, 6.45) is 0. The van der Waals surface area contributed by atoms with Crippen LogP contribution in [0, 0.1) is 0 Å². The van der Waals surface area contributed by atoms with Crippen LogP contribution in [0.15, 0.2) is 84.9 Å². The quantitative estimate of drug-likeness (QED) is 0.590. The molecule has 0 heterocycles. The van der Waals surface area contributed by atoms with E-state index in [0.717, 1.165) is 0 Å². The SMILES string of the molecule is CC(=O)Nc1cccc(NC(=O)CSC(c2ccccc2)c2ccccc2)c1. The third kappa shape index (κ3) is 5.72. The molecular formula is C23H22N2O2S. The molecule has 0 atom stereocenters. The van der Waals surface area contributed by atoms with Gasteiger partial charge in [0.15, 0.2) is 0 Å². The summed E-state index contributed by atoms with van der Waals surface area (Å²) in [6.45, 7) is 1.45. The van der Waals surface area contributed by atoms with Gasteiger partial charge in [0, 0.05) is 18.3 Å². The Morgan fingerprint density at radius 1 is 0.786 bits per heavy atom. The highest BCUT2D eigenvalue weighted by atomic mass is 32.2. The molecule has 0 unspecified atom stereocenters. The molecule has 0 aliphatic carbocycles. The highest BCUT2D eigenvalue weighted by Crippen LogP contribution is 2.35. The molecule has 0 aliphatic heterocycles. The average molecular weight is 391 g/mol. The Morgan fingerprint density at radius 3 is 1.86 bits per heavy atom. The van der Waals surface area contributed by atoms with Crippen molar-refractivity contribution in [3.63, 3.8) is 0 Å². The second kappa shape index (κ2) is 9.76. The Kier molecular flexibility index (Phi) is 6.87. The number of amides is 2. The molecule has 5 heteroatoms. The van der Waals surface area contributed by atoms with Crippen molar-refractivity contribution in [1.29, 1.82) is 0 Å². The summed E-state index contributed by atoms with van der Waals surface area (Å²) in [5.41, 5.74) is 3.65. The predicted molar refractivity (Wildman–Crippen MR) is 117 cm³/mol. The molecule has 0 spiro atoms. The van der Waals surface area contributed by atoms with Gasteiger partial charge in [0.1, 0.15) is 0 Å². The molecule has 4 nitrogen and oxygen atoms in total. The van der Waals surface area contributed by atoms with Gasteiger partial charge in [-0.05, 0) is 29.3 Å². The van der Waals surface area contributed by atoms with E-state index in [2.05, 4.69) is 34.9 Å². The van der Waals surface area contributed by atoms with E-state index in [1.165, 1.54) is 18.1 Å².